The Bertz CT molecular complexity index is 504. The number of hydrogen-bond donors (Lipinski definition) is 0. The molecule has 0 radical (unpaired) electrons. The lowest BCUT2D eigenvalue weighted by Crippen LogP contribution is -2.05. The largest absolute Gasteiger partial charge is 0.261 e. The van der Waals surface area contributed by atoms with Gasteiger partial charge in [0.1, 0.15) is 0 Å². The van der Waals surface area contributed by atoms with Gasteiger partial charge in [-0.2, -0.15) is 5.10 Å². The zero-order chi connectivity index (χ0) is 11.5. The predicted molar refractivity (Wildman–Crippen MR) is 60.5 cm³/mol. The molecule has 0 aliphatic heterocycles. The van der Waals surface area contributed by atoms with Gasteiger partial charge in [-0.15, -0.1) is 4.91 Å². The van der Waals surface area contributed by atoms with Crippen LogP contribution in [0.1, 0.15) is 17.1 Å². The van der Waals surface area contributed by atoms with Gasteiger partial charge >= 0.3 is 0 Å². The van der Waals surface area contributed by atoms with Gasteiger partial charge in [0.05, 0.1) is 23.6 Å². The molecule has 0 saturated carbocycles. The maximum absolute atomic E-state index is 10.6. The first-order chi connectivity index (χ1) is 7.72. The summed E-state index contributed by atoms with van der Waals surface area (Å²) in [7, 11) is 0. The first kappa shape index (κ1) is 10.5. The molecule has 5 heteroatoms. The molecule has 0 saturated heterocycles. The van der Waals surface area contributed by atoms with Gasteiger partial charge in [0.2, 0.25) is 0 Å². The van der Waals surface area contributed by atoms with E-state index < -0.39 is 0 Å². The number of aryl methyl sites for hydroxylation is 1. The zero-order valence-corrected chi connectivity index (χ0v) is 9.21. The van der Waals surface area contributed by atoms with E-state index in [4.69, 9.17) is 0 Å². The smallest absolute Gasteiger partial charge is 0.151 e. The summed E-state index contributed by atoms with van der Waals surface area (Å²) < 4.78 is 1.74. The second-order valence-corrected chi connectivity index (χ2v) is 3.59. The van der Waals surface area contributed by atoms with Crippen LogP contribution in [0.4, 0.5) is 5.69 Å². The summed E-state index contributed by atoms with van der Waals surface area (Å²) in [5.41, 5.74) is 2.77. The van der Waals surface area contributed by atoms with Crippen molar-refractivity contribution in [1.29, 1.82) is 0 Å². The van der Waals surface area contributed by atoms with Crippen molar-refractivity contribution >= 4 is 5.69 Å². The summed E-state index contributed by atoms with van der Waals surface area (Å²) >= 11 is 0. The Balaban J connectivity index is 2.32. The molecule has 5 nitrogen and oxygen atoms in total. The topological polar surface area (TPSA) is 60.1 Å². The zero-order valence-electron chi connectivity index (χ0n) is 9.21. The molecule has 0 aromatic carbocycles. The Labute approximate surface area is 93.1 Å². The van der Waals surface area contributed by atoms with Crippen molar-refractivity contribution < 1.29 is 0 Å². The van der Waals surface area contributed by atoms with Gasteiger partial charge in [0.25, 0.3) is 0 Å². The fourth-order valence-corrected chi connectivity index (χ4v) is 1.62. The maximum Gasteiger partial charge on any atom is 0.151 e. The lowest BCUT2D eigenvalue weighted by atomic mass is 10.3. The highest BCUT2D eigenvalue weighted by atomic mass is 16.3. The second kappa shape index (κ2) is 4.22. The molecule has 0 aliphatic rings. The fraction of sp³-hybridized carbons (Fsp3) is 0.273. The Kier molecular flexibility index (Phi) is 2.76. The van der Waals surface area contributed by atoms with E-state index in [1.807, 2.05) is 25.1 Å². The van der Waals surface area contributed by atoms with Crippen LogP contribution < -0.4 is 0 Å². The maximum atomic E-state index is 10.6. The molecular formula is C11H12N4O. The summed E-state index contributed by atoms with van der Waals surface area (Å²) in [5.74, 6) is 0. The average Bonchev–Trinajstić information content (AvgIpc) is 2.55. The lowest BCUT2D eigenvalue weighted by Gasteiger charge is -2.02. The minimum Gasteiger partial charge on any atom is -0.261 e. The molecule has 16 heavy (non-hydrogen) atoms. The van der Waals surface area contributed by atoms with Gasteiger partial charge < -0.3 is 0 Å². The van der Waals surface area contributed by atoms with Crippen LogP contribution in [-0.4, -0.2) is 14.8 Å². The van der Waals surface area contributed by atoms with Gasteiger partial charge in [-0.25, -0.2) is 0 Å². The molecule has 2 rings (SSSR count). The van der Waals surface area contributed by atoms with E-state index in [2.05, 4.69) is 15.3 Å². The van der Waals surface area contributed by atoms with Crippen molar-refractivity contribution in [3.63, 3.8) is 0 Å². The Hall–Kier alpha value is -2.04. The van der Waals surface area contributed by atoms with E-state index in [0.717, 1.165) is 11.4 Å². The summed E-state index contributed by atoms with van der Waals surface area (Å²) in [4.78, 5) is 14.8. The summed E-state index contributed by atoms with van der Waals surface area (Å²) in [6, 6.07) is 5.71. The van der Waals surface area contributed by atoms with Gasteiger partial charge in [0.15, 0.2) is 5.69 Å². The van der Waals surface area contributed by atoms with Crippen molar-refractivity contribution in [2.24, 2.45) is 5.18 Å². The van der Waals surface area contributed by atoms with Crippen LogP contribution in [-0.2, 0) is 6.54 Å². The molecule has 0 fully saturated rings. The molecule has 0 unspecified atom stereocenters. The monoisotopic (exact) mass is 216 g/mol. The van der Waals surface area contributed by atoms with E-state index in [1.165, 1.54) is 0 Å². The van der Waals surface area contributed by atoms with Crippen LogP contribution in [0.3, 0.4) is 0 Å². The summed E-state index contributed by atoms with van der Waals surface area (Å²) in [6.07, 6.45) is 1.74. The van der Waals surface area contributed by atoms with Crippen LogP contribution >= 0.6 is 0 Å². The quantitative estimate of drug-likeness (QED) is 0.740. The predicted octanol–water partition coefficient (Wildman–Crippen LogP) is 2.34. The van der Waals surface area contributed by atoms with Crippen molar-refractivity contribution in [3.8, 4) is 0 Å². The average molecular weight is 216 g/mol. The van der Waals surface area contributed by atoms with Gasteiger partial charge in [0, 0.05) is 6.20 Å². The highest BCUT2D eigenvalue weighted by Gasteiger charge is 2.12. The van der Waals surface area contributed by atoms with Crippen LogP contribution in [0.25, 0.3) is 0 Å². The standard InChI is InChI=1S/C11H12N4O/c1-8-11(14-16)9(2)15(13-8)7-10-5-3-4-6-12-10/h3-6H,7H2,1-2H3. The number of aromatic nitrogens is 3. The van der Waals surface area contributed by atoms with E-state index in [9.17, 15) is 4.91 Å². The minimum absolute atomic E-state index is 0.427. The molecular weight excluding hydrogens is 204 g/mol. The second-order valence-electron chi connectivity index (χ2n) is 3.59. The SMILES string of the molecule is Cc1nn(Cc2ccccn2)c(C)c1N=O. The Morgan fingerprint density at radius 1 is 1.38 bits per heavy atom. The van der Waals surface area contributed by atoms with E-state index in [-0.39, 0.29) is 0 Å². The molecule has 2 heterocycles. The van der Waals surface area contributed by atoms with Crippen molar-refractivity contribution in [2.75, 3.05) is 0 Å². The number of pyridine rings is 1. The van der Waals surface area contributed by atoms with Crippen molar-refractivity contribution in [1.82, 2.24) is 14.8 Å². The number of rotatable bonds is 3. The summed E-state index contributed by atoms with van der Waals surface area (Å²) in [5, 5.41) is 7.24. The molecule has 2 aromatic rings. The summed E-state index contributed by atoms with van der Waals surface area (Å²) in [6.45, 7) is 4.17. The van der Waals surface area contributed by atoms with Crippen LogP contribution in [0, 0.1) is 18.8 Å². The first-order valence-electron chi connectivity index (χ1n) is 4.99. The lowest BCUT2D eigenvalue weighted by molar-refractivity contribution is 0.647. The third kappa shape index (κ3) is 1.84. The highest BCUT2D eigenvalue weighted by molar-refractivity contribution is 5.45. The van der Waals surface area contributed by atoms with E-state index in [0.29, 0.717) is 17.9 Å². The normalized spacial score (nSPS) is 10.4. The Morgan fingerprint density at radius 2 is 2.19 bits per heavy atom. The molecule has 2 aromatic heterocycles. The van der Waals surface area contributed by atoms with E-state index in [1.54, 1.807) is 17.8 Å². The van der Waals surface area contributed by atoms with E-state index >= 15 is 0 Å². The van der Waals surface area contributed by atoms with Gasteiger partial charge in [-0.3, -0.25) is 9.67 Å². The molecule has 0 spiro atoms. The molecule has 0 aliphatic carbocycles. The van der Waals surface area contributed by atoms with Crippen LogP contribution in [0.5, 0.6) is 0 Å². The van der Waals surface area contributed by atoms with Gasteiger partial charge in [-0.05, 0) is 31.2 Å². The van der Waals surface area contributed by atoms with Crippen LogP contribution in [0.15, 0.2) is 29.6 Å². The van der Waals surface area contributed by atoms with Crippen molar-refractivity contribution in [2.45, 2.75) is 20.4 Å². The van der Waals surface area contributed by atoms with Crippen molar-refractivity contribution in [3.05, 3.63) is 46.4 Å². The molecule has 0 amide bonds. The number of nitroso groups, excluding NO2 is 1. The minimum atomic E-state index is 0.427. The number of hydrogen-bond acceptors (Lipinski definition) is 4. The molecule has 0 N–H and O–H groups in total. The fourth-order valence-electron chi connectivity index (χ4n) is 1.62. The Morgan fingerprint density at radius 3 is 2.75 bits per heavy atom. The highest BCUT2D eigenvalue weighted by Crippen LogP contribution is 2.22. The first-order valence-corrected chi connectivity index (χ1v) is 4.99. The number of nitrogens with zero attached hydrogens (tertiary/aromatic N) is 4. The van der Waals surface area contributed by atoms with Crippen LogP contribution in [0.2, 0.25) is 0 Å². The molecule has 82 valence electrons. The van der Waals surface area contributed by atoms with Gasteiger partial charge in [-0.1, -0.05) is 6.07 Å². The molecule has 0 bridgehead atoms. The third-order valence-electron chi connectivity index (χ3n) is 2.47. The third-order valence-corrected chi connectivity index (χ3v) is 2.47. The molecule has 0 atom stereocenters.